The number of fused-ring (bicyclic) bond motifs is 1. The normalized spacial score (nSPS) is 18.6. The molecule has 2 aliphatic rings. The smallest absolute Gasteiger partial charge is 0.243 e. The minimum atomic E-state index is -3.68. The quantitative estimate of drug-likeness (QED) is 0.706. The van der Waals surface area contributed by atoms with Gasteiger partial charge in [0.2, 0.25) is 15.9 Å². The summed E-state index contributed by atoms with van der Waals surface area (Å²) in [7, 11) is -3.68. The van der Waals surface area contributed by atoms with Crippen molar-refractivity contribution in [2.45, 2.75) is 37.1 Å². The third-order valence-corrected chi connectivity index (χ3v) is 8.15. The predicted octanol–water partition coefficient (Wildman–Crippen LogP) is 3.78. The monoisotopic (exact) mass is 478 g/mol. The van der Waals surface area contributed by atoms with Gasteiger partial charge in [-0.2, -0.15) is 4.31 Å². The molecule has 1 atom stereocenters. The Morgan fingerprint density at radius 1 is 1.09 bits per heavy atom. The van der Waals surface area contributed by atoms with Crippen LogP contribution in [0.15, 0.2) is 47.4 Å². The molecular formula is C23H27ClN2O5S. The highest BCUT2D eigenvalue weighted by Crippen LogP contribution is 2.34. The summed E-state index contributed by atoms with van der Waals surface area (Å²) in [5.41, 5.74) is 0.858. The lowest BCUT2D eigenvalue weighted by atomic mass is 9.96. The largest absolute Gasteiger partial charge is 0.490 e. The molecular weight excluding hydrogens is 452 g/mol. The van der Waals surface area contributed by atoms with E-state index in [9.17, 15) is 13.2 Å². The number of piperidine rings is 1. The van der Waals surface area contributed by atoms with E-state index in [-0.39, 0.29) is 35.9 Å². The highest BCUT2D eigenvalue weighted by atomic mass is 35.5. The molecule has 2 heterocycles. The molecule has 1 amide bonds. The maximum atomic E-state index is 13.2. The summed E-state index contributed by atoms with van der Waals surface area (Å²) >= 11 is 6.23. The van der Waals surface area contributed by atoms with Crippen LogP contribution in [0.1, 0.15) is 37.8 Å². The number of benzene rings is 2. The second-order valence-corrected chi connectivity index (χ2v) is 10.4. The Hall–Kier alpha value is -2.29. The van der Waals surface area contributed by atoms with Gasteiger partial charge in [0.05, 0.1) is 24.2 Å². The summed E-state index contributed by atoms with van der Waals surface area (Å²) in [6.07, 6.45) is 1.68. The number of carbonyl (C=O) groups is 1. The second kappa shape index (κ2) is 9.68. The van der Waals surface area contributed by atoms with Crippen LogP contribution in [0.2, 0.25) is 5.02 Å². The number of ether oxygens (including phenoxy) is 2. The zero-order chi connectivity index (χ0) is 22.7. The lowest BCUT2D eigenvalue weighted by Gasteiger charge is -2.31. The van der Waals surface area contributed by atoms with Gasteiger partial charge in [-0.3, -0.25) is 4.79 Å². The van der Waals surface area contributed by atoms with E-state index in [0.29, 0.717) is 42.6 Å². The third-order valence-electron chi connectivity index (χ3n) is 5.91. The number of hydrogen-bond acceptors (Lipinski definition) is 5. The highest BCUT2D eigenvalue weighted by Gasteiger charge is 2.33. The van der Waals surface area contributed by atoms with E-state index in [1.807, 2.05) is 25.1 Å². The lowest BCUT2D eigenvalue weighted by molar-refractivity contribution is -0.126. The average molecular weight is 479 g/mol. The van der Waals surface area contributed by atoms with Crippen molar-refractivity contribution in [2.75, 3.05) is 26.3 Å². The molecule has 2 aromatic rings. The number of rotatable bonds is 5. The summed E-state index contributed by atoms with van der Waals surface area (Å²) in [6, 6.07) is 11.9. The molecule has 0 aromatic heterocycles. The highest BCUT2D eigenvalue weighted by molar-refractivity contribution is 7.89. The van der Waals surface area contributed by atoms with Crippen LogP contribution < -0.4 is 14.8 Å². The Bertz CT molecular complexity index is 1080. The molecule has 0 unspecified atom stereocenters. The van der Waals surface area contributed by atoms with Gasteiger partial charge in [-0.05, 0) is 43.5 Å². The first-order valence-electron chi connectivity index (χ1n) is 10.8. The molecule has 7 nitrogen and oxygen atoms in total. The van der Waals surface area contributed by atoms with Crippen molar-refractivity contribution in [1.29, 1.82) is 0 Å². The van der Waals surface area contributed by atoms with Crippen LogP contribution in [0.3, 0.4) is 0 Å². The number of carbonyl (C=O) groups excluding carboxylic acids is 1. The molecule has 1 fully saturated rings. The Morgan fingerprint density at radius 3 is 2.50 bits per heavy atom. The number of nitrogens with zero attached hydrogens (tertiary/aromatic N) is 1. The lowest BCUT2D eigenvalue weighted by Crippen LogP contribution is -2.43. The second-order valence-electron chi connectivity index (χ2n) is 8.09. The van der Waals surface area contributed by atoms with Crippen LogP contribution in [0.5, 0.6) is 11.5 Å². The minimum Gasteiger partial charge on any atom is -0.490 e. The Labute approximate surface area is 193 Å². The molecule has 2 aliphatic heterocycles. The van der Waals surface area contributed by atoms with Crippen molar-refractivity contribution >= 4 is 27.5 Å². The Morgan fingerprint density at radius 2 is 1.78 bits per heavy atom. The summed E-state index contributed by atoms with van der Waals surface area (Å²) in [5, 5.41) is 3.62. The van der Waals surface area contributed by atoms with Gasteiger partial charge >= 0.3 is 0 Å². The molecule has 1 saturated heterocycles. The molecule has 4 rings (SSSR count). The molecule has 0 radical (unpaired) electrons. The van der Waals surface area contributed by atoms with E-state index in [1.54, 1.807) is 18.2 Å². The fraction of sp³-hybridized carbons (Fsp3) is 0.435. The fourth-order valence-corrected chi connectivity index (χ4v) is 5.83. The molecule has 0 saturated carbocycles. The summed E-state index contributed by atoms with van der Waals surface area (Å²) in [5.74, 6) is 0.691. The molecule has 0 aliphatic carbocycles. The van der Waals surface area contributed by atoms with E-state index in [1.165, 1.54) is 10.4 Å². The topological polar surface area (TPSA) is 84.9 Å². The molecule has 0 spiro atoms. The van der Waals surface area contributed by atoms with Crippen LogP contribution in [0.25, 0.3) is 0 Å². The minimum absolute atomic E-state index is 0.0787. The van der Waals surface area contributed by atoms with Gasteiger partial charge in [0.15, 0.2) is 11.5 Å². The first-order valence-corrected chi connectivity index (χ1v) is 12.6. The van der Waals surface area contributed by atoms with Crippen molar-refractivity contribution < 1.29 is 22.7 Å². The number of amides is 1. The van der Waals surface area contributed by atoms with E-state index < -0.39 is 10.0 Å². The first kappa shape index (κ1) is 22.9. The van der Waals surface area contributed by atoms with Crippen molar-refractivity contribution in [3.8, 4) is 11.5 Å². The van der Waals surface area contributed by atoms with E-state index >= 15 is 0 Å². The zero-order valence-corrected chi connectivity index (χ0v) is 19.5. The number of nitrogens with one attached hydrogen (secondary N) is 1. The first-order chi connectivity index (χ1) is 15.4. The fourth-order valence-electron chi connectivity index (χ4n) is 4.05. The van der Waals surface area contributed by atoms with Crippen LogP contribution in [0, 0.1) is 5.92 Å². The van der Waals surface area contributed by atoms with Gasteiger partial charge in [-0.1, -0.05) is 29.8 Å². The van der Waals surface area contributed by atoms with Crippen molar-refractivity contribution in [1.82, 2.24) is 9.62 Å². The summed E-state index contributed by atoms with van der Waals surface area (Å²) in [4.78, 5) is 12.9. The molecule has 1 N–H and O–H groups in total. The van der Waals surface area contributed by atoms with Gasteiger partial charge in [0.25, 0.3) is 0 Å². The molecule has 172 valence electrons. The van der Waals surface area contributed by atoms with Crippen LogP contribution >= 0.6 is 11.6 Å². The van der Waals surface area contributed by atoms with Gasteiger partial charge < -0.3 is 14.8 Å². The Kier molecular flexibility index (Phi) is 6.93. The maximum absolute atomic E-state index is 13.2. The number of halogens is 1. The predicted molar refractivity (Wildman–Crippen MR) is 122 cm³/mol. The van der Waals surface area contributed by atoms with Gasteiger partial charge in [0, 0.05) is 36.5 Å². The van der Waals surface area contributed by atoms with Crippen LogP contribution in [-0.4, -0.2) is 44.9 Å². The van der Waals surface area contributed by atoms with Crippen LogP contribution in [-0.2, 0) is 14.8 Å². The van der Waals surface area contributed by atoms with Crippen LogP contribution in [0.4, 0.5) is 0 Å². The van der Waals surface area contributed by atoms with Crippen molar-refractivity contribution in [2.24, 2.45) is 5.92 Å². The van der Waals surface area contributed by atoms with E-state index in [2.05, 4.69) is 5.32 Å². The van der Waals surface area contributed by atoms with E-state index in [4.69, 9.17) is 21.1 Å². The van der Waals surface area contributed by atoms with Gasteiger partial charge in [-0.25, -0.2) is 8.42 Å². The molecule has 32 heavy (non-hydrogen) atoms. The van der Waals surface area contributed by atoms with Crippen molar-refractivity contribution in [3.63, 3.8) is 0 Å². The standard InChI is InChI=1S/C23H27ClN2O5S/c1-16(19-5-2-3-6-20(19)24)25-23(27)17-9-11-26(12-10-17)32(28,29)18-7-8-21-22(15-18)31-14-4-13-30-21/h2-3,5-8,15-17H,4,9-14H2,1H3,(H,25,27)/t16-/m0/s1. The summed E-state index contributed by atoms with van der Waals surface area (Å²) < 4.78 is 39.0. The Balaban J connectivity index is 1.38. The van der Waals surface area contributed by atoms with Crippen molar-refractivity contribution in [3.05, 3.63) is 53.1 Å². The third kappa shape index (κ3) is 4.87. The van der Waals surface area contributed by atoms with Gasteiger partial charge in [0.1, 0.15) is 0 Å². The molecule has 9 heteroatoms. The zero-order valence-electron chi connectivity index (χ0n) is 17.9. The maximum Gasteiger partial charge on any atom is 0.243 e. The molecule has 2 aromatic carbocycles. The SMILES string of the molecule is C[C@H](NC(=O)C1CCN(S(=O)(=O)c2ccc3c(c2)OCCCO3)CC1)c1ccccc1Cl. The van der Waals surface area contributed by atoms with Gasteiger partial charge in [-0.15, -0.1) is 0 Å². The molecule has 0 bridgehead atoms. The van der Waals surface area contributed by atoms with E-state index in [0.717, 1.165) is 12.0 Å². The number of sulfonamides is 1. The average Bonchev–Trinajstić information content (AvgIpc) is 3.04. The summed E-state index contributed by atoms with van der Waals surface area (Å²) in [6.45, 7) is 3.50. The number of hydrogen-bond donors (Lipinski definition) is 1.